The third-order valence-corrected chi connectivity index (χ3v) is 6.94. The molecule has 1 aliphatic heterocycles. The standard InChI is InChI=1S/C24H25ClN6O3S/c1-13-6-21(35-30-13)29-20(32)10-31-12-24(2,3)34-11-19(31)23(33)28-17-8-14(25)7-16-15-4-5-26-9-18(15)27-22(16)17/h4-9,19,27H,10-12H2,1-3H3,(H,28,33)(H,29,32)/t19-/m1/s1. The lowest BCUT2D eigenvalue weighted by atomic mass is 10.0. The second-order valence-corrected chi connectivity index (χ2v) is 10.5. The molecule has 1 atom stereocenters. The van der Waals surface area contributed by atoms with Gasteiger partial charge < -0.3 is 20.4 Å². The number of amides is 2. The number of aryl methyl sites for hydroxylation is 1. The molecule has 0 spiro atoms. The second kappa shape index (κ2) is 9.19. The Balaban J connectivity index is 1.39. The first-order chi connectivity index (χ1) is 16.7. The molecule has 9 nitrogen and oxygen atoms in total. The van der Waals surface area contributed by atoms with Crippen LogP contribution in [0.25, 0.3) is 21.8 Å². The van der Waals surface area contributed by atoms with Gasteiger partial charge in [-0.3, -0.25) is 19.5 Å². The molecule has 0 bridgehead atoms. The summed E-state index contributed by atoms with van der Waals surface area (Å²) in [6.45, 7) is 6.38. The monoisotopic (exact) mass is 512 g/mol. The Kier molecular flexibility index (Phi) is 6.22. The number of nitrogens with one attached hydrogen (secondary N) is 3. The highest BCUT2D eigenvalue weighted by Gasteiger charge is 2.38. The molecule has 0 radical (unpaired) electrons. The lowest BCUT2D eigenvalue weighted by Gasteiger charge is -2.42. The van der Waals surface area contributed by atoms with Crippen LogP contribution in [0.1, 0.15) is 19.5 Å². The molecule has 2 amide bonds. The summed E-state index contributed by atoms with van der Waals surface area (Å²) in [5.74, 6) is -0.486. The zero-order chi connectivity index (χ0) is 24.7. The Morgan fingerprint density at radius 3 is 2.89 bits per heavy atom. The van der Waals surface area contributed by atoms with E-state index in [1.807, 2.05) is 43.9 Å². The van der Waals surface area contributed by atoms with E-state index in [0.717, 1.165) is 27.5 Å². The number of halogens is 1. The van der Waals surface area contributed by atoms with E-state index < -0.39 is 11.6 Å². The van der Waals surface area contributed by atoms with E-state index in [-0.39, 0.29) is 25.0 Å². The van der Waals surface area contributed by atoms with Crippen molar-refractivity contribution >= 4 is 67.4 Å². The predicted molar refractivity (Wildman–Crippen MR) is 138 cm³/mol. The Hall–Kier alpha value is -3.05. The number of morpholine rings is 1. The molecule has 4 aromatic rings. The summed E-state index contributed by atoms with van der Waals surface area (Å²) >= 11 is 7.62. The van der Waals surface area contributed by atoms with Crippen molar-refractivity contribution in [2.75, 3.05) is 30.3 Å². The van der Waals surface area contributed by atoms with Gasteiger partial charge in [0.15, 0.2) is 0 Å². The first-order valence-electron chi connectivity index (χ1n) is 11.2. The highest BCUT2D eigenvalue weighted by atomic mass is 35.5. The smallest absolute Gasteiger partial charge is 0.244 e. The number of carbonyl (C=O) groups excluding carboxylic acids is 2. The van der Waals surface area contributed by atoms with Crippen LogP contribution < -0.4 is 10.6 Å². The van der Waals surface area contributed by atoms with Crippen LogP contribution >= 0.6 is 23.1 Å². The van der Waals surface area contributed by atoms with Gasteiger partial charge in [-0.15, -0.1) is 0 Å². The summed E-state index contributed by atoms with van der Waals surface area (Å²) in [6, 6.07) is 6.63. The minimum absolute atomic E-state index is 0.0465. The maximum atomic E-state index is 13.5. The number of aromatic amines is 1. The zero-order valence-corrected chi connectivity index (χ0v) is 21.1. The van der Waals surface area contributed by atoms with Crippen molar-refractivity contribution in [3.05, 3.63) is 47.4 Å². The number of H-pyrrole nitrogens is 1. The van der Waals surface area contributed by atoms with Crippen molar-refractivity contribution in [1.82, 2.24) is 19.2 Å². The van der Waals surface area contributed by atoms with E-state index >= 15 is 0 Å². The van der Waals surface area contributed by atoms with Crippen molar-refractivity contribution in [2.45, 2.75) is 32.4 Å². The van der Waals surface area contributed by atoms with Crippen LogP contribution in [0.15, 0.2) is 36.7 Å². The number of pyridine rings is 1. The van der Waals surface area contributed by atoms with E-state index in [0.29, 0.717) is 22.3 Å². The lowest BCUT2D eigenvalue weighted by Crippen LogP contribution is -2.59. The van der Waals surface area contributed by atoms with Gasteiger partial charge in [0.2, 0.25) is 11.8 Å². The molecular formula is C24H25ClN6O3S. The average Bonchev–Trinajstić information content (AvgIpc) is 3.36. The van der Waals surface area contributed by atoms with E-state index in [2.05, 4.69) is 25.0 Å². The maximum absolute atomic E-state index is 13.5. The first-order valence-corrected chi connectivity index (χ1v) is 12.3. The molecule has 1 fully saturated rings. The predicted octanol–water partition coefficient (Wildman–Crippen LogP) is 4.19. The van der Waals surface area contributed by atoms with Gasteiger partial charge in [-0.05, 0) is 56.6 Å². The Labute approximate surface area is 211 Å². The fourth-order valence-electron chi connectivity index (χ4n) is 4.38. The van der Waals surface area contributed by atoms with Crippen LogP contribution in [0.2, 0.25) is 5.02 Å². The fraction of sp³-hybridized carbons (Fsp3) is 0.333. The van der Waals surface area contributed by atoms with Crippen LogP contribution in [0.5, 0.6) is 0 Å². The molecule has 5 rings (SSSR count). The van der Waals surface area contributed by atoms with Gasteiger partial charge in [0.05, 0.1) is 47.4 Å². The largest absolute Gasteiger partial charge is 0.372 e. The molecule has 4 heterocycles. The molecule has 1 aromatic carbocycles. The number of anilines is 2. The third kappa shape index (κ3) is 5.01. The normalized spacial score (nSPS) is 18.1. The van der Waals surface area contributed by atoms with Gasteiger partial charge in [0.1, 0.15) is 11.0 Å². The lowest BCUT2D eigenvalue weighted by molar-refractivity contribution is -0.145. The van der Waals surface area contributed by atoms with Gasteiger partial charge >= 0.3 is 0 Å². The van der Waals surface area contributed by atoms with Crippen LogP contribution in [0.4, 0.5) is 10.7 Å². The quantitative estimate of drug-likeness (QED) is 0.369. The number of aromatic nitrogens is 3. The Morgan fingerprint density at radius 2 is 2.11 bits per heavy atom. The van der Waals surface area contributed by atoms with Gasteiger partial charge in [0.25, 0.3) is 0 Å². The number of hydrogen-bond donors (Lipinski definition) is 3. The highest BCUT2D eigenvalue weighted by molar-refractivity contribution is 7.10. The summed E-state index contributed by atoms with van der Waals surface area (Å²) in [5.41, 5.74) is 2.51. The topological polar surface area (TPSA) is 112 Å². The van der Waals surface area contributed by atoms with Crippen LogP contribution in [0, 0.1) is 6.92 Å². The summed E-state index contributed by atoms with van der Waals surface area (Å²) in [6.07, 6.45) is 3.45. The average molecular weight is 513 g/mol. The molecule has 0 unspecified atom stereocenters. The van der Waals surface area contributed by atoms with Crippen LogP contribution in [-0.2, 0) is 14.3 Å². The van der Waals surface area contributed by atoms with Crippen molar-refractivity contribution in [1.29, 1.82) is 0 Å². The first kappa shape index (κ1) is 23.7. The summed E-state index contributed by atoms with van der Waals surface area (Å²) in [4.78, 5) is 35.6. The van der Waals surface area contributed by atoms with Crippen molar-refractivity contribution in [3.8, 4) is 0 Å². The Morgan fingerprint density at radius 1 is 1.29 bits per heavy atom. The van der Waals surface area contributed by atoms with Gasteiger partial charge in [-0.1, -0.05) is 11.6 Å². The highest BCUT2D eigenvalue weighted by Crippen LogP contribution is 2.33. The summed E-state index contributed by atoms with van der Waals surface area (Å²) in [5, 5.41) is 8.91. The number of rotatable bonds is 5. The van der Waals surface area contributed by atoms with Crippen molar-refractivity contribution < 1.29 is 14.3 Å². The molecule has 11 heteroatoms. The van der Waals surface area contributed by atoms with E-state index in [1.165, 1.54) is 11.5 Å². The molecule has 0 saturated carbocycles. The molecule has 182 valence electrons. The zero-order valence-electron chi connectivity index (χ0n) is 19.5. The molecule has 3 aromatic heterocycles. The van der Waals surface area contributed by atoms with E-state index in [9.17, 15) is 9.59 Å². The molecular weight excluding hydrogens is 488 g/mol. The summed E-state index contributed by atoms with van der Waals surface area (Å²) < 4.78 is 10.1. The van der Waals surface area contributed by atoms with Gasteiger partial charge in [-0.2, -0.15) is 4.37 Å². The van der Waals surface area contributed by atoms with Gasteiger partial charge in [0, 0.05) is 28.5 Å². The number of fused-ring (bicyclic) bond motifs is 3. The number of carbonyl (C=O) groups is 2. The minimum Gasteiger partial charge on any atom is -0.372 e. The Bertz CT molecular complexity index is 1430. The van der Waals surface area contributed by atoms with Crippen LogP contribution in [0.3, 0.4) is 0 Å². The number of ether oxygens (including phenoxy) is 1. The van der Waals surface area contributed by atoms with E-state index in [1.54, 1.807) is 18.5 Å². The van der Waals surface area contributed by atoms with E-state index in [4.69, 9.17) is 16.3 Å². The SMILES string of the molecule is Cc1cc(NC(=O)CN2CC(C)(C)OC[C@@H]2C(=O)Nc2cc(Cl)cc3c2[nH]c2cnccc23)sn1. The second-order valence-electron chi connectivity index (χ2n) is 9.28. The molecule has 35 heavy (non-hydrogen) atoms. The number of benzene rings is 1. The fourth-order valence-corrected chi connectivity index (χ4v) is 5.27. The number of nitrogens with zero attached hydrogens (tertiary/aromatic N) is 3. The molecule has 1 saturated heterocycles. The number of hydrogen-bond acceptors (Lipinski definition) is 7. The molecule has 0 aliphatic carbocycles. The van der Waals surface area contributed by atoms with Crippen LogP contribution in [-0.4, -0.2) is 62.4 Å². The third-order valence-electron chi connectivity index (χ3n) is 5.93. The minimum atomic E-state index is -0.656. The van der Waals surface area contributed by atoms with Crippen molar-refractivity contribution in [3.63, 3.8) is 0 Å². The molecule has 1 aliphatic rings. The molecule has 3 N–H and O–H groups in total. The van der Waals surface area contributed by atoms with Crippen molar-refractivity contribution in [2.24, 2.45) is 0 Å². The van der Waals surface area contributed by atoms with Gasteiger partial charge in [-0.25, -0.2) is 0 Å². The maximum Gasteiger partial charge on any atom is 0.244 e. The summed E-state index contributed by atoms with van der Waals surface area (Å²) in [7, 11) is 0.